The number of likely N-dealkylation sites (tertiary alicyclic amines) is 1. The van der Waals surface area contributed by atoms with E-state index in [0.29, 0.717) is 28.2 Å². The number of fused-ring (bicyclic) bond motifs is 1. The van der Waals surface area contributed by atoms with E-state index < -0.39 is 5.60 Å². The van der Waals surface area contributed by atoms with E-state index in [1.54, 1.807) is 23.1 Å². The molecule has 0 N–H and O–H groups in total. The first-order valence-corrected chi connectivity index (χ1v) is 11.6. The number of amides is 2. The summed E-state index contributed by atoms with van der Waals surface area (Å²) in [5.74, 6) is -0.187. The van der Waals surface area contributed by atoms with Crippen molar-refractivity contribution in [2.75, 3.05) is 36.0 Å². The number of ether oxygens (including phenoxy) is 1. The summed E-state index contributed by atoms with van der Waals surface area (Å²) in [5.41, 5.74) is 1.60. The number of benzene rings is 2. The van der Waals surface area contributed by atoms with E-state index in [4.69, 9.17) is 27.9 Å². The second-order valence-corrected chi connectivity index (χ2v) is 9.61. The van der Waals surface area contributed by atoms with Crippen molar-refractivity contribution < 1.29 is 14.3 Å². The van der Waals surface area contributed by atoms with Crippen LogP contribution in [-0.2, 0) is 20.9 Å². The number of hydrogen-bond donors (Lipinski definition) is 0. The second-order valence-electron chi connectivity index (χ2n) is 8.76. The highest BCUT2D eigenvalue weighted by molar-refractivity contribution is 6.33. The molecule has 5 rings (SSSR count). The van der Waals surface area contributed by atoms with Gasteiger partial charge in [-0.05, 0) is 48.7 Å². The Morgan fingerprint density at radius 3 is 2.47 bits per heavy atom. The maximum Gasteiger partial charge on any atom is 0.263 e. The minimum atomic E-state index is -1.10. The summed E-state index contributed by atoms with van der Waals surface area (Å²) in [6.45, 7) is 3.48. The van der Waals surface area contributed by atoms with Crippen molar-refractivity contribution in [2.24, 2.45) is 0 Å². The van der Waals surface area contributed by atoms with Crippen LogP contribution < -0.4 is 9.80 Å². The molecule has 32 heavy (non-hydrogen) atoms. The van der Waals surface area contributed by atoms with Gasteiger partial charge < -0.3 is 19.4 Å². The Balaban J connectivity index is 1.42. The van der Waals surface area contributed by atoms with Crippen LogP contribution >= 0.6 is 23.2 Å². The standard InChI is InChI=1S/C24H25Cl2N3O3/c1-16(30)27-14-24(15-27,32-13-17-12-18(25)6-9-20(17)26)23(31)29-11-10-28(19-7-8-19)21-4-2-3-5-22(21)29/h2-6,9,12,19H,7-8,10-11,13-15H2,1H3. The van der Waals surface area contributed by atoms with Gasteiger partial charge >= 0.3 is 0 Å². The minimum Gasteiger partial charge on any atom is -0.365 e. The number of rotatable bonds is 5. The van der Waals surface area contributed by atoms with Crippen molar-refractivity contribution in [3.8, 4) is 0 Å². The Hall–Kier alpha value is -2.28. The van der Waals surface area contributed by atoms with E-state index in [0.717, 1.165) is 17.9 Å². The highest BCUT2D eigenvalue weighted by atomic mass is 35.5. The molecule has 0 radical (unpaired) electrons. The fourth-order valence-electron chi connectivity index (χ4n) is 4.56. The maximum absolute atomic E-state index is 13.9. The molecule has 0 aromatic heterocycles. The Morgan fingerprint density at radius 2 is 1.78 bits per heavy atom. The number of anilines is 2. The topological polar surface area (TPSA) is 53.1 Å². The molecule has 2 aromatic carbocycles. The van der Waals surface area contributed by atoms with Gasteiger partial charge in [0, 0.05) is 36.1 Å². The van der Waals surface area contributed by atoms with Crippen LogP contribution in [0.25, 0.3) is 0 Å². The van der Waals surface area contributed by atoms with Gasteiger partial charge in [0.25, 0.3) is 5.91 Å². The molecule has 168 valence electrons. The van der Waals surface area contributed by atoms with Gasteiger partial charge in [-0.25, -0.2) is 0 Å². The molecular weight excluding hydrogens is 449 g/mol. The van der Waals surface area contributed by atoms with E-state index in [2.05, 4.69) is 11.0 Å². The Bertz CT molecular complexity index is 1070. The normalized spacial score (nSPS) is 19.4. The number of carbonyl (C=O) groups is 2. The van der Waals surface area contributed by atoms with Gasteiger partial charge in [0.05, 0.1) is 31.1 Å². The number of carbonyl (C=O) groups excluding carboxylic acids is 2. The Morgan fingerprint density at radius 1 is 1.06 bits per heavy atom. The van der Waals surface area contributed by atoms with Gasteiger partial charge in [0.15, 0.2) is 5.60 Å². The SMILES string of the molecule is CC(=O)N1CC(OCc2cc(Cl)ccc2Cl)(C(=O)N2CCN(C3CC3)c3ccccc32)C1. The van der Waals surface area contributed by atoms with Crippen LogP contribution in [0.2, 0.25) is 10.0 Å². The van der Waals surface area contributed by atoms with E-state index in [1.165, 1.54) is 19.8 Å². The maximum atomic E-state index is 13.9. The predicted molar refractivity (Wildman–Crippen MR) is 125 cm³/mol. The lowest BCUT2D eigenvalue weighted by Crippen LogP contribution is -2.71. The first kappa shape index (κ1) is 21.6. The summed E-state index contributed by atoms with van der Waals surface area (Å²) in [7, 11) is 0. The minimum absolute atomic E-state index is 0.0724. The fraction of sp³-hybridized carbons (Fsp3) is 0.417. The molecule has 2 aromatic rings. The summed E-state index contributed by atoms with van der Waals surface area (Å²) < 4.78 is 6.24. The largest absolute Gasteiger partial charge is 0.365 e. The molecule has 2 amide bonds. The first-order chi connectivity index (χ1) is 15.4. The van der Waals surface area contributed by atoms with Crippen LogP contribution in [-0.4, -0.2) is 54.5 Å². The molecule has 2 fully saturated rings. The summed E-state index contributed by atoms with van der Waals surface area (Å²) in [6.07, 6.45) is 2.40. The van der Waals surface area contributed by atoms with Crippen LogP contribution in [0, 0.1) is 0 Å². The molecule has 2 heterocycles. The average molecular weight is 474 g/mol. The van der Waals surface area contributed by atoms with Crippen LogP contribution in [0.1, 0.15) is 25.3 Å². The number of halogens is 2. The molecular formula is C24H25Cl2N3O3. The van der Waals surface area contributed by atoms with Crippen molar-refractivity contribution in [3.05, 3.63) is 58.1 Å². The molecule has 1 saturated heterocycles. The zero-order valence-corrected chi connectivity index (χ0v) is 19.4. The van der Waals surface area contributed by atoms with Crippen molar-refractivity contribution in [2.45, 2.75) is 38.0 Å². The van der Waals surface area contributed by atoms with Crippen LogP contribution in [0.15, 0.2) is 42.5 Å². The summed E-state index contributed by atoms with van der Waals surface area (Å²) in [5, 5.41) is 1.08. The van der Waals surface area contributed by atoms with Crippen molar-refractivity contribution >= 4 is 46.4 Å². The predicted octanol–water partition coefficient (Wildman–Crippen LogP) is 4.13. The van der Waals surface area contributed by atoms with Gasteiger partial charge in [0.2, 0.25) is 5.91 Å². The third-order valence-corrected chi connectivity index (χ3v) is 7.12. The second kappa shape index (κ2) is 8.25. The smallest absolute Gasteiger partial charge is 0.263 e. The molecule has 8 heteroatoms. The lowest BCUT2D eigenvalue weighted by atomic mass is 9.90. The monoisotopic (exact) mass is 473 g/mol. The van der Waals surface area contributed by atoms with Crippen LogP contribution in [0.4, 0.5) is 11.4 Å². The molecule has 1 aliphatic carbocycles. The van der Waals surface area contributed by atoms with Gasteiger partial charge in [-0.2, -0.15) is 0 Å². The summed E-state index contributed by atoms with van der Waals surface area (Å²) >= 11 is 12.4. The van der Waals surface area contributed by atoms with Crippen molar-refractivity contribution in [3.63, 3.8) is 0 Å². The molecule has 0 bridgehead atoms. The van der Waals surface area contributed by atoms with Gasteiger partial charge in [-0.1, -0.05) is 35.3 Å². The summed E-state index contributed by atoms with van der Waals surface area (Å²) in [6, 6.07) is 13.8. The highest BCUT2D eigenvalue weighted by Crippen LogP contribution is 2.42. The lowest BCUT2D eigenvalue weighted by molar-refractivity contribution is -0.180. The third kappa shape index (κ3) is 3.85. The van der Waals surface area contributed by atoms with Crippen LogP contribution in [0.5, 0.6) is 0 Å². The number of nitrogens with zero attached hydrogens (tertiary/aromatic N) is 3. The molecule has 0 spiro atoms. The van der Waals surface area contributed by atoms with E-state index in [1.807, 2.05) is 23.1 Å². The lowest BCUT2D eigenvalue weighted by Gasteiger charge is -2.50. The number of para-hydroxylation sites is 2. The fourth-order valence-corrected chi connectivity index (χ4v) is 4.92. The molecule has 0 atom stereocenters. The quantitative estimate of drug-likeness (QED) is 0.654. The van der Waals surface area contributed by atoms with Gasteiger partial charge in [-0.3, -0.25) is 9.59 Å². The third-order valence-electron chi connectivity index (χ3n) is 6.52. The molecule has 2 aliphatic heterocycles. The Labute approximate surface area is 197 Å². The zero-order valence-electron chi connectivity index (χ0n) is 17.9. The van der Waals surface area contributed by atoms with Gasteiger partial charge in [-0.15, -0.1) is 0 Å². The number of hydrogen-bond acceptors (Lipinski definition) is 4. The van der Waals surface area contributed by atoms with E-state index in [9.17, 15) is 9.59 Å². The molecule has 3 aliphatic rings. The van der Waals surface area contributed by atoms with Gasteiger partial charge in [0.1, 0.15) is 0 Å². The zero-order chi connectivity index (χ0) is 22.5. The van der Waals surface area contributed by atoms with Crippen LogP contribution in [0.3, 0.4) is 0 Å². The van der Waals surface area contributed by atoms with Crippen molar-refractivity contribution in [1.82, 2.24) is 4.90 Å². The van der Waals surface area contributed by atoms with E-state index >= 15 is 0 Å². The van der Waals surface area contributed by atoms with Crippen molar-refractivity contribution in [1.29, 1.82) is 0 Å². The van der Waals surface area contributed by atoms with E-state index in [-0.39, 0.29) is 31.5 Å². The molecule has 6 nitrogen and oxygen atoms in total. The Kier molecular flexibility index (Phi) is 5.56. The highest BCUT2D eigenvalue weighted by Gasteiger charge is 2.54. The summed E-state index contributed by atoms with van der Waals surface area (Å²) in [4.78, 5) is 31.7. The average Bonchev–Trinajstić information content (AvgIpc) is 3.59. The molecule has 0 unspecified atom stereocenters. The molecule has 1 saturated carbocycles. The first-order valence-electron chi connectivity index (χ1n) is 10.9.